The minimum Gasteiger partial charge on any atom is -0.452 e. The van der Waals surface area contributed by atoms with Gasteiger partial charge in [-0.05, 0) is 12.1 Å². The predicted molar refractivity (Wildman–Crippen MR) is 63.1 cm³/mol. The number of rotatable bonds is 2. The van der Waals surface area contributed by atoms with Crippen molar-refractivity contribution in [2.24, 2.45) is 5.73 Å². The molecule has 4 nitrogen and oxygen atoms in total. The average Bonchev–Trinajstić information content (AvgIpc) is 2.27. The lowest BCUT2D eigenvalue weighted by molar-refractivity contribution is 0.180. The third-order valence-electron chi connectivity index (χ3n) is 1.97. The number of hydrogen-bond acceptors (Lipinski definition) is 3. The van der Waals surface area contributed by atoms with Crippen molar-refractivity contribution in [1.29, 1.82) is 0 Å². The summed E-state index contributed by atoms with van der Waals surface area (Å²) in [5.41, 5.74) is 6.90. The summed E-state index contributed by atoms with van der Waals surface area (Å²) in [4.78, 5) is 12.9. The summed E-state index contributed by atoms with van der Waals surface area (Å²) in [6.45, 7) is 0. The fraction of sp³-hybridized carbons (Fsp3) is 0.200. The Balaban J connectivity index is 3.00. The maximum absolute atomic E-state index is 11.2. The average molecular weight is 224 g/mol. The van der Waals surface area contributed by atoms with Gasteiger partial charge in [-0.25, -0.2) is 4.79 Å². The molecule has 15 heavy (non-hydrogen) atoms. The zero-order chi connectivity index (χ0) is 11.4. The second kappa shape index (κ2) is 4.75. The van der Waals surface area contributed by atoms with E-state index in [-0.39, 0.29) is 0 Å². The Hall–Kier alpha value is -1.62. The van der Waals surface area contributed by atoms with Gasteiger partial charge in [-0.3, -0.25) is 4.90 Å². The number of amides is 1. The Morgan fingerprint density at radius 1 is 1.53 bits per heavy atom. The number of anilines is 1. The van der Waals surface area contributed by atoms with Gasteiger partial charge in [0.25, 0.3) is 0 Å². The van der Waals surface area contributed by atoms with Gasteiger partial charge in [0.1, 0.15) is 4.99 Å². The lowest BCUT2D eigenvalue weighted by Gasteiger charge is -2.16. The molecule has 2 N–H and O–H groups in total. The van der Waals surface area contributed by atoms with Gasteiger partial charge in [-0.1, -0.05) is 24.4 Å². The molecule has 1 aromatic carbocycles. The van der Waals surface area contributed by atoms with Crippen molar-refractivity contribution in [2.45, 2.75) is 0 Å². The number of carbonyl (C=O) groups is 1. The molecule has 0 fully saturated rings. The van der Waals surface area contributed by atoms with Crippen LogP contribution in [0.15, 0.2) is 24.3 Å². The summed E-state index contributed by atoms with van der Waals surface area (Å²) >= 11 is 4.85. The Morgan fingerprint density at radius 3 is 2.73 bits per heavy atom. The summed E-state index contributed by atoms with van der Waals surface area (Å²) in [6, 6.07) is 7.08. The Kier molecular flexibility index (Phi) is 3.62. The van der Waals surface area contributed by atoms with Gasteiger partial charge in [0.15, 0.2) is 0 Å². The van der Waals surface area contributed by atoms with E-state index in [1.165, 1.54) is 12.0 Å². The second-order valence-electron chi connectivity index (χ2n) is 2.94. The highest BCUT2D eigenvalue weighted by Gasteiger charge is 2.10. The molecule has 0 aliphatic heterocycles. The molecule has 0 unspecified atom stereocenters. The Bertz CT molecular complexity index is 393. The van der Waals surface area contributed by atoms with E-state index < -0.39 is 6.09 Å². The van der Waals surface area contributed by atoms with Crippen LogP contribution in [0.25, 0.3) is 0 Å². The largest absolute Gasteiger partial charge is 0.452 e. The molecule has 0 heterocycles. The van der Waals surface area contributed by atoms with Gasteiger partial charge in [-0.15, -0.1) is 0 Å². The normalized spacial score (nSPS) is 9.47. The first kappa shape index (κ1) is 11.5. The first-order chi connectivity index (χ1) is 7.06. The third kappa shape index (κ3) is 2.66. The van der Waals surface area contributed by atoms with Crippen molar-refractivity contribution < 1.29 is 9.53 Å². The number of carbonyl (C=O) groups excluding carboxylic acids is 1. The highest BCUT2D eigenvalue weighted by Crippen LogP contribution is 2.15. The third-order valence-corrected chi connectivity index (χ3v) is 2.20. The van der Waals surface area contributed by atoms with Crippen molar-refractivity contribution >= 4 is 29.0 Å². The number of thiocarbonyl (C=S) groups is 1. The lowest BCUT2D eigenvalue weighted by Crippen LogP contribution is -2.26. The summed E-state index contributed by atoms with van der Waals surface area (Å²) in [5.74, 6) is 0. The minimum atomic E-state index is -0.435. The maximum Gasteiger partial charge on any atom is 0.413 e. The van der Waals surface area contributed by atoms with Crippen molar-refractivity contribution in [2.75, 3.05) is 19.1 Å². The fourth-order valence-corrected chi connectivity index (χ4v) is 1.24. The number of nitrogens with zero attached hydrogens (tertiary/aromatic N) is 1. The van der Waals surface area contributed by atoms with Crippen molar-refractivity contribution in [1.82, 2.24) is 0 Å². The molecule has 0 aromatic heterocycles. The van der Waals surface area contributed by atoms with E-state index in [0.29, 0.717) is 10.7 Å². The van der Waals surface area contributed by atoms with Crippen LogP contribution in [0.4, 0.5) is 10.5 Å². The van der Waals surface area contributed by atoms with E-state index in [9.17, 15) is 4.79 Å². The SMILES string of the molecule is COC(=O)N(C)c1cccc(C(N)=S)c1. The van der Waals surface area contributed by atoms with Crippen LogP contribution in [0.1, 0.15) is 5.56 Å². The first-order valence-corrected chi connectivity index (χ1v) is 4.68. The minimum absolute atomic E-state index is 0.301. The Labute approximate surface area is 93.6 Å². The predicted octanol–water partition coefficient (Wildman–Crippen LogP) is 1.52. The van der Waals surface area contributed by atoms with Crippen LogP contribution in [-0.2, 0) is 4.74 Å². The van der Waals surface area contributed by atoms with E-state index in [1.54, 1.807) is 31.3 Å². The summed E-state index contributed by atoms with van der Waals surface area (Å²) in [6.07, 6.45) is -0.435. The molecular formula is C10H12N2O2S. The number of hydrogen-bond donors (Lipinski definition) is 1. The van der Waals surface area contributed by atoms with Crippen LogP contribution in [-0.4, -0.2) is 25.2 Å². The Morgan fingerprint density at radius 2 is 2.20 bits per heavy atom. The fourth-order valence-electron chi connectivity index (χ4n) is 1.11. The van der Waals surface area contributed by atoms with E-state index >= 15 is 0 Å². The molecular weight excluding hydrogens is 212 g/mol. The quantitative estimate of drug-likeness (QED) is 0.774. The van der Waals surface area contributed by atoms with Crippen molar-refractivity contribution in [3.8, 4) is 0 Å². The second-order valence-corrected chi connectivity index (χ2v) is 3.38. The zero-order valence-electron chi connectivity index (χ0n) is 8.56. The van der Waals surface area contributed by atoms with Crippen LogP contribution in [0.5, 0.6) is 0 Å². The highest BCUT2D eigenvalue weighted by molar-refractivity contribution is 7.80. The van der Waals surface area contributed by atoms with Crippen LogP contribution >= 0.6 is 12.2 Å². The number of benzene rings is 1. The molecule has 5 heteroatoms. The zero-order valence-corrected chi connectivity index (χ0v) is 9.38. The summed E-state index contributed by atoms with van der Waals surface area (Å²) < 4.78 is 4.59. The van der Waals surface area contributed by atoms with E-state index in [4.69, 9.17) is 18.0 Å². The van der Waals surface area contributed by atoms with E-state index in [2.05, 4.69) is 4.74 Å². The van der Waals surface area contributed by atoms with Gasteiger partial charge in [-0.2, -0.15) is 0 Å². The van der Waals surface area contributed by atoms with Crippen LogP contribution in [0, 0.1) is 0 Å². The van der Waals surface area contributed by atoms with Crippen LogP contribution in [0.2, 0.25) is 0 Å². The molecule has 0 aliphatic carbocycles. The molecule has 0 atom stereocenters. The number of ether oxygens (including phenoxy) is 1. The molecule has 1 amide bonds. The maximum atomic E-state index is 11.2. The molecule has 0 spiro atoms. The standard InChI is InChI=1S/C10H12N2O2S/c1-12(10(13)14-2)8-5-3-4-7(6-8)9(11)15/h3-6H,1-2H3,(H2,11,15). The smallest absolute Gasteiger partial charge is 0.413 e. The monoisotopic (exact) mass is 224 g/mol. The summed E-state index contributed by atoms with van der Waals surface area (Å²) in [7, 11) is 2.95. The van der Waals surface area contributed by atoms with Gasteiger partial charge in [0.2, 0.25) is 0 Å². The van der Waals surface area contributed by atoms with Gasteiger partial charge < -0.3 is 10.5 Å². The van der Waals surface area contributed by atoms with Crippen molar-refractivity contribution in [3.05, 3.63) is 29.8 Å². The van der Waals surface area contributed by atoms with Crippen LogP contribution in [0.3, 0.4) is 0 Å². The molecule has 0 bridgehead atoms. The highest BCUT2D eigenvalue weighted by atomic mass is 32.1. The molecule has 0 saturated carbocycles. The van der Waals surface area contributed by atoms with Crippen molar-refractivity contribution in [3.63, 3.8) is 0 Å². The first-order valence-electron chi connectivity index (χ1n) is 4.28. The molecule has 1 aromatic rings. The topological polar surface area (TPSA) is 55.6 Å². The van der Waals surface area contributed by atoms with Gasteiger partial charge in [0, 0.05) is 18.3 Å². The van der Waals surface area contributed by atoms with E-state index in [0.717, 1.165) is 5.56 Å². The molecule has 1 rings (SSSR count). The number of nitrogens with two attached hydrogens (primary N) is 1. The molecule has 80 valence electrons. The molecule has 0 aliphatic rings. The molecule has 0 radical (unpaired) electrons. The summed E-state index contributed by atoms with van der Waals surface area (Å²) in [5, 5.41) is 0. The van der Waals surface area contributed by atoms with Crippen LogP contribution < -0.4 is 10.6 Å². The van der Waals surface area contributed by atoms with Gasteiger partial charge in [0.05, 0.1) is 7.11 Å². The lowest BCUT2D eigenvalue weighted by atomic mass is 10.2. The van der Waals surface area contributed by atoms with E-state index in [1.807, 2.05) is 0 Å². The van der Waals surface area contributed by atoms with Gasteiger partial charge >= 0.3 is 6.09 Å². The number of methoxy groups -OCH3 is 1. The molecule has 0 saturated heterocycles.